The van der Waals surface area contributed by atoms with E-state index < -0.39 is 0 Å². The molecule has 2 aromatic rings. The van der Waals surface area contributed by atoms with Crippen LogP contribution in [0.15, 0.2) is 42.7 Å². The van der Waals surface area contributed by atoms with E-state index in [-0.39, 0.29) is 12.0 Å². The van der Waals surface area contributed by atoms with Crippen molar-refractivity contribution in [2.24, 2.45) is 0 Å². The molecule has 104 valence electrons. The fourth-order valence-electron chi connectivity index (χ4n) is 2.50. The molecule has 1 amide bonds. The Morgan fingerprint density at radius 1 is 1.20 bits per heavy atom. The maximum absolute atomic E-state index is 12.6. The van der Waals surface area contributed by atoms with E-state index in [1.54, 1.807) is 15.8 Å². The Morgan fingerprint density at radius 3 is 2.65 bits per heavy atom. The van der Waals surface area contributed by atoms with Gasteiger partial charge in [0.1, 0.15) is 0 Å². The Kier molecular flexibility index (Phi) is 3.52. The number of benzene rings is 1. The number of aromatic nitrogens is 2. The Hall–Kier alpha value is -2.14. The lowest BCUT2D eigenvalue weighted by atomic mass is 10.1. The Balaban J connectivity index is 1.89. The van der Waals surface area contributed by atoms with Crippen molar-refractivity contribution in [3.05, 3.63) is 48.3 Å². The van der Waals surface area contributed by atoms with Gasteiger partial charge in [-0.3, -0.25) is 4.79 Å². The second kappa shape index (κ2) is 5.46. The molecule has 5 nitrogen and oxygen atoms in total. The van der Waals surface area contributed by atoms with Crippen LogP contribution in [0.5, 0.6) is 0 Å². The summed E-state index contributed by atoms with van der Waals surface area (Å²) < 4.78 is 1.70. The predicted octanol–water partition coefficient (Wildman–Crippen LogP) is 1.47. The third-order valence-corrected chi connectivity index (χ3v) is 3.64. The summed E-state index contributed by atoms with van der Waals surface area (Å²) in [4.78, 5) is 14.4. The Labute approximate surface area is 117 Å². The molecule has 1 aromatic carbocycles. The summed E-state index contributed by atoms with van der Waals surface area (Å²) in [6, 6.07) is 9.30. The zero-order chi connectivity index (χ0) is 13.9. The van der Waals surface area contributed by atoms with Gasteiger partial charge in [0.15, 0.2) is 0 Å². The van der Waals surface area contributed by atoms with E-state index in [1.807, 2.05) is 36.5 Å². The highest BCUT2D eigenvalue weighted by molar-refractivity contribution is 5.97. The number of piperidine rings is 1. The van der Waals surface area contributed by atoms with Crippen LogP contribution in [0.2, 0.25) is 0 Å². The van der Waals surface area contributed by atoms with Crippen LogP contribution < -0.4 is 0 Å². The van der Waals surface area contributed by atoms with Crippen molar-refractivity contribution >= 4 is 5.91 Å². The quantitative estimate of drug-likeness (QED) is 0.900. The van der Waals surface area contributed by atoms with Crippen LogP contribution in [0, 0.1) is 0 Å². The molecular weight excluding hydrogens is 254 g/mol. The fourth-order valence-corrected chi connectivity index (χ4v) is 2.50. The summed E-state index contributed by atoms with van der Waals surface area (Å²) in [6.45, 7) is 1.21. The molecular formula is C15H17N3O2. The topological polar surface area (TPSA) is 58.4 Å². The van der Waals surface area contributed by atoms with E-state index in [9.17, 15) is 9.90 Å². The SMILES string of the molecule is O=C(c1ccccc1-n1cccn1)N1CCC(O)CC1. The molecule has 1 N–H and O–H groups in total. The largest absolute Gasteiger partial charge is 0.393 e. The first kappa shape index (κ1) is 12.9. The molecule has 0 unspecified atom stereocenters. The van der Waals surface area contributed by atoms with E-state index in [0.29, 0.717) is 31.5 Å². The summed E-state index contributed by atoms with van der Waals surface area (Å²) >= 11 is 0. The molecule has 0 saturated carbocycles. The minimum absolute atomic E-state index is 0.00278. The number of hydrogen-bond acceptors (Lipinski definition) is 3. The summed E-state index contributed by atoms with van der Waals surface area (Å²) in [5, 5.41) is 13.7. The number of amides is 1. The normalized spacial score (nSPS) is 16.4. The van der Waals surface area contributed by atoms with Crippen molar-refractivity contribution in [2.45, 2.75) is 18.9 Å². The van der Waals surface area contributed by atoms with Crippen molar-refractivity contribution in [2.75, 3.05) is 13.1 Å². The van der Waals surface area contributed by atoms with Crippen LogP contribution in [0.3, 0.4) is 0 Å². The Bertz CT molecular complexity index is 587. The van der Waals surface area contributed by atoms with Crippen molar-refractivity contribution in [3.63, 3.8) is 0 Å². The molecule has 0 atom stereocenters. The minimum atomic E-state index is -0.277. The lowest BCUT2D eigenvalue weighted by Crippen LogP contribution is -2.40. The van der Waals surface area contributed by atoms with Gasteiger partial charge in [0.05, 0.1) is 17.4 Å². The summed E-state index contributed by atoms with van der Waals surface area (Å²) in [5.74, 6) is 0.00278. The van der Waals surface area contributed by atoms with E-state index in [0.717, 1.165) is 5.69 Å². The highest BCUT2D eigenvalue weighted by Crippen LogP contribution is 2.18. The zero-order valence-corrected chi connectivity index (χ0v) is 11.1. The van der Waals surface area contributed by atoms with Crippen LogP contribution in [0.25, 0.3) is 5.69 Å². The molecule has 5 heteroatoms. The number of carbonyl (C=O) groups excluding carboxylic acids is 1. The third-order valence-electron chi connectivity index (χ3n) is 3.64. The molecule has 0 aliphatic carbocycles. The summed E-state index contributed by atoms with van der Waals surface area (Å²) in [5.41, 5.74) is 1.43. The van der Waals surface area contributed by atoms with Crippen LogP contribution in [0.4, 0.5) is 0 Å². The van der Waals surface area contributed by atoms with Crippen LogP contribution >= 0.6 is 0 Å². The van der Waals surface area contributed by atoms with Gasteiger partial charge in [-0.05, 0) is 31.0 Å². The molecule has 1 aromatic heterocycles. The zero-order valence-electron chi connectivity index (χ0n) is 11.1. The lowest BCUT2D eigenvalue weighted by Gasteiger charge is -2.30. The lowest BCUT2D eigenvalue weighted by molar-refractivity contribution is 0.0546. The monoisotopic (exact) mass is 271 g/mol. The third kappa shape index (κ3) is 2.44. The van der Waals surface area contributed by atoms with E-state index in [4.69, 9.17) is 0 Å². The van der Waals surface area contributed by atoms with Crippen LogP contribution in [0.1, 0.15) is 23.2 Å². The number of hydrogen-bond donors (Lipinski definition) is 1. The fraction of sp³-hybridized carbons (Fsp3) is 0.333. The number of aliphatic hydroxyl groups is 1. The van der Waals surface area contributed by atoms with Gasteiger partial charge in [0, 0.05) is 25.5 Å². The first-order valence-corrected chi connectivity index (χ1v) is 6.82. The minimum Gasteiger partial charge on any atom is -0.393 e. The molecule has 1 aliphatic rings. The van der Waals surface area contributed by atoms with Gasteiger partial charge in [-0.1, -0.05) is 12.1 Å². The van der Waals surface area contributed by atoms with Crippen LogP contribution in [-0.2, 0) is 0 Å². The van der Waals surface area contributed by atoms with Crippen molar-refractivity contribution in [3.8, 4) is 5.69 Å². The molecule has 1 fully saturated rings. The number of para-hydroxylation sites is 1. The van der Waals surface area contributed by atoms with Crippen LogP contribution in [-0.4, -0.2) is 44.9 Å². The number of rotatable bonds is 2. The summed E-state index contributed by atoms with van der Waals surface area (Å²) in [6.07, 6.45) is 4.54. The maximum Gasteiger partial charge on any atom is 0.256 e. The van der Waals surface area contributed by atoms with Gasteiger partial charge in [-0.2, -0.15) is 5.10 Å². The number of likely N-dealkylation sites (tertiary alicyclic amines) is 1. The van der Waals surface area contributed by atoms with Crippen molar-refractivity contribution in [1.29, 1.82) is 0 Å². The second-order valence-electron chi connectivity index (χ2n) is 4.99. The molecule has 20 heavy (non-hydrogen) atoms. The highest BCUT2D eigenvalue weighted by Gasteiger charge is 2.24. The van der Waals surface area contributed by atoms with Gasteiger partial charge in [-0.25, -0.2) is 4.68 Å². The van der Waals surface area contributed by atoms with Gasteiger partial charge in [0.25, 0.3) is 5.91 Å². The number of carbonyl (C=O) groups is 1. The molecule has 0 radical (unpaired) electrons. The van der Waals surface area contributed by atoms with Gasteiger partial charge < -0.3 is 10.0 Å². The molecule has 0 bridgehead atoms. The van der Waals surface area contributed by atoms with Crippen molar-refractivity contribution in [1.82, 2.24) is 14.7 Å². The van der Waals surface area contributed by atoms with Gasteiger partial charge in [-0.15, -0.1) is 0 Å². The molecule has 0 spiro atoms. The predicted molar refractivity (Wildman–Crippen MR) is 74.7 cm³/mol. The maximum atomic E-state index is 12.6. The number of nitrogens with zero attached hydrogens (tertiary/aromatic N) is 3. The Morgan fingerprint density at radius 2 is 1.95 bits per heavy atom. The van der Waals surface area contributed by atoms with E-state index in [1.165, 1.54) is 0 Å². The standard InChI is InChI=1S/C15H17N3O2/c19-12-6-10-17(11-7-12)15(20)13-4-1-2-5-14(13)18-9-3-8-16-18/h1-5,8-9,12,19H,6-7,10-11H2. The molecule has 3 rings (SSSR count). The van der Waals surface area contributed by atoms with Gasteiger partial charge in [0.2, 0.25) is 0 Å². The molecule has 1 saturated heterocycles. The average molecular weight is 271 g/mol. The second-order valence-corrected chi connectivity index (χ2v) is 4.99. The van der Waals surface area contributed by atoms with Gasteiger partial charge >= 0.3 is 0 Å². The average Bonchev–Trinajstić information content (AvgIpc) is 3.01. The first-order chi connectivity index (χ1) is 9.75. The van der Waals surface area contributed by atoms with Crippen molar-refractivity contribution < 1.29 is 9.90 Å². The van der Waals surface area contributed by atoms with E-state index in [2.05, 4.69) is 5.10 Å². The summed E-state index contributed by atoms with van der Waals surface area (Å²) in [7, 11) is 0. The highest BCUT2D eigenvalue weighted by atomic mass is 16.3. The smallest absolute Gasteiger partial charge is 0.256 e. The first-order valence-electron chi connectivity index (χ1n) is 6.82. The molecule has 1 aliphatic heterocycles. The number of aliphatic hydroxyl groups excluding tert-OH is 1. The molecule has 2 heterocycles. The van der Waals surface area contributed by atoms with E-state index >= 15 is 0 Å².